The number of unbranched alkanes of at least 4 members (excludes halogenated alkanes) is 2. The topological polar surface area (TPSA) is 46.5 Å². The Labute approximate surface area is 86.2 Å². The van der Waals surface area contributed by atoms with E-state index >= 15 is 0 Å². The van der Waals surface area contributed by atoms with E-state index in [1.54, 1.807) is 0 Å². The molecule has 0 saturated heterocycles. The normalized spacial score (nSPS) is 13.7. The van der Waals surface area contributed by atoms with E-state index in [0.717, 1.165) is 12.8 Å². The van der Waals surface area contributed by atoms with Crippen LogP contribution in [0.25, 0.3) is 0 Å². The minimum Gasteiger partial charge on any atom is -0.453 e. The van der Waals surface area contributed by atoms with Crippen LogP contribution in [0.5, 0.6) is 0 Å². The summed E-state index contributed by atoms with van der Waals surface area (Å²) in [5.74, 6) is -2.24. The summed E-state index contributed by atoms with van der Waals surface area (Å²) in [6.07, 6.45) is -3.41. The molecule has 0 radical (unpaired) electrons. The molecule has 0 aliphatic carbocycles. The molecular formula is C9H15F3O3. The minimum absolute atomic E-state index is 0.256. The molecule has 1 atom stereocenters. The second-order valence-electron chi connectivity index (χ2n) is 3.20. The molecule has 0 bridgehead atoms. The molecule has 6 heteroatoms. The molecule has 3 nitrogen and oxygen atoms in total. The van der Waals surface area contributed by atoms with Gasteiger partial charge >= 0.3 is 12.1 Å². The molecule has 1 N–H and O–H groups in total. The van der Waals surface area contributed by atoms with Crippen molar-refractivity contribution < 1.29 is 27.8 Å². The molecular weight excluding hydrogens is 213 g/mol. The van der Waals surface area contributed by atoms with Crippen LogP contribution in [0.4, 0.5) is 13.2 Å². The number of rotatable bonds is 6. The molecule has 0 aliphatic heterocycles. The summed E-state index contributed by atoms with van der Waals surface area (Å²) in [5, 5.41) is 8.70. The number of ether oxygens (including phenoxy) is 1. The van der Waals surface area contributed by atoms with Crippen molar-refractivity contribution in [1.29, 1.82) is 0 Å². The van der Waals surface area contributed by atoms with Crippen LogP contribution in [0, 0.1) is 0 Å². The van der Waals surface area contributed by atoms with E-state index in [2.05, 4.69) is 4.74 Å². The average Bonchev–Trinajstić information content (AvgIpc) is 2.14. The largest absolute Gasteiger partial charge is 0.490 e. The Bertz CT molecular complexity index is 192. The zero-order chi connectivity index (χ0) is 11.9. The van der Waals surface area contributed by atoms with Crippen molar-refractivity contribution in [3.8, 4) is 0 Å². The molecule has 90 valence electrons. The lowest BCUT2D eigenvalue weighted by atomic mass is 10.1. The fraction of sp³-hybridized carbons (Fsp3) is 0.889. The van der Waals surface area contributed by atoms with E-state index in [9.17, 15) is 18.0 Å². The molecule has 0 saturated carbocycles. The minimum atomic E-state index is -4.99. The summed E-state index contributed by atoms with van der Waals surface area (Å²) < 4.78 is 39.4. The standard InChI is InChI=1S/C9H15F3O3/c1-2-3-4-5-7(6-13)15-8(14)9(10,11)12/h7,13H,2-6H2,1H3/t7-/m0/s1. The van der Waals surface area contributed by atoms with Crippen LogP contribution in [0.2, 0.25) is 0 Å². The first-order valence-electron chi connectivity index (χ1n) is 4.80. The van der Waals surface area contributed by atoms with Crippen LogP contribution < -0.4 is 0 Å². The maximum Gasteiger partial charge on any atom is 0.490 e. The first kappa shape index (κ1) is 14.2. The lowest BCUT2D eigenvalue weighted by molar-refractivity contribution is -0.206. The number of esters is 1. The predicted octanol–water partition coefficient (Wildman–Crippen LogP) is 2.03. The van der Waals surface area contributed by atoms with Gasteiger partial charge in [-0.05, 0) is 12.8 Å². The maximum atomic E-state index is 11.8. The number of alkyl halides is 3. The van der Waals surface area contributed by atoms with Gasteiger partial charge < -0.3 is 9.84 Å². The predicted molar refractivity (Wildman–Crippen MR) is 47.2 cm³/mol. The number of carbonyl (C=O) groups excluding carboxylic acids is 1. The molecule has 0 fully saturated rings. The lowest BCUT2D eigenvalue weighted by Gasteiger charge is -2.16. The highest BCUT2D eigenvalue weighted by molar-refractivity contribution is 5.75. The third-order valence-electron chi connectivity index (χ3n) is 1.84. The zero-order valence-electron chi connectivity index (χ0n) is 8.51. The third-order valence-corrected chi connectivity index (χ3v) is 1.84. The summed E-state index contributed by atoms with van der Waals surface area (Å²) in [6, 6.07) is 0. The molecule has 0 unspecified atom stereocenters. The Morgan fingerprint density at radius 3 is 2.40 bits per heavy atom. The number of aliphatic hydroxyl groups is 1. The van der Waals surface area contributed by atoms with E-state index in [1.165, 1.54) is 0 Å². The molecule has 0 aliphatic rings. The SMILES string of the molecule is CCCCC[C@@H](CO)OC(=O)C(F)(F)F. The van der Waals surface area contributed by atoms with Crippen molar-refractivity contribution in [3.63, 3.8) is 0 Å². The van der Waals surface area contributed by atoms with Gasteiger partial charge in [0, 0.05) is 0 Å². The molecule has 0 aromatic carbocycles. The second-order valence-corrected chi connectivity index (χ2v) is 3.20. The quantitative estimate of drug-likeness (QED) is 0.559. The first-order chi connectivity index (χ1) is 6.91. The molecule has 0 aromatic rings. The van der Waals surface area contributed by atoms with Crippen molar-refractivity contribution in [3.05, 3.63) is 0 Å². The summed E-state index contributed by atoms with van der Waals surface area (Å²) >= 11 is 0. The van der Waals surface area contributed by atoms with Gasteiger partial charge in [-0.25, -0.2) is 4.79 Å². The smallest absolute Gasteiger partial charge is 0.453 e. The highest BCUT2D eigenvalue weighted by atomic mass is 19.4. The van der Waals surface area contributed by atoms with Gasteiger partial charge in [0.15, 0.2) is 0 Å². The van der Waals surface area contributed by atoms with Crippen LogP contribution >= 0.6 is 0 Å². The lowest BCUT2D eigenvalue weighted by Crippen LogP contribution is -2.31. The fourth-order valence-electron chi connectivity index (χ4n) is 1.03. The van der Waals surface area contributed by atoms with E-state index < -0.39 is 24.9 Å². The summed E-state index contributed by atoms with van der Waals surface area (Å²) in [4.78, 5) is 10.4. The van der Waals surface area contributed by atoms with Gasteiger partial charge in [0.05, 0.1) is 6.61 Å². The fourth-order valence-corrected chi connectivity index (χ4v) is 1.03. The van der Waals surface area contributed by atoms with E-state index in [4.69, 9.17) is 5.11 Å². The Balaban J connectivity index is 3.94. The van der Waals surface area contributed by atoms with E-state index in [-0.39, 0.29) is 6.42 Å². The van der Waals surface area contributed by atoms with Gasteiger partial charge in [-0.3, -0.25) is 0 Å². The van der Waals surface area contributed by atoms with Crippen molar-refractivity contribution in [1.82, 2.24) is 0 Å². The van der Waals surface area contributed by atoms with Gasteiger partial charge in [-0.1, -0.05) is 19.8 Å². The molecule has 15 heavy (non-hydrogen) atoms. The summed E-state index contributed by atoms with van der Waals surface area (Å²) in [7, 11) is 0. The van der Waals surface area contributed by atoms with Crippen LogP contribution in [-0.2, 0) is 9.53 Å². The van der Waals surface area contributed by atoms with E-state index in [1.807, 2.05) is 6.92 Å². The number of carbonyl (C=O) groups is 1. The summed E-state index contributed by atoms with van der Waals surface area (Å²) in [6.45, 7) is 1.36. The Morgan fingerprint density at radius 2 is 2.00 bits per heavy atom. The van der Waals surface area contributed by atoms with Crippen LogP contribution in [-0.4, -0.2) is 30.0 Å². The molecule has 0 rings (SSSR count). The van der Waals surface area contributed by atoms with Gasteiger partial charge in [-0.15, -0.1) is 0 Å². The maximum absolute atomic E-state index is 11.8. The van der Waals surface area contributed by atoms with Gasteiger partial charge in [0.25, 0.3) is 0 Å². The Kier molecular flexibility index (Phi) is 6.31. The average molecular weight is 228 g/mol. The monoisotopic (exact) mass is 228 g/mol. The molecule has 0 heterocycles. The zero-order valence-corrected chi connectivity index (χ0v) is 8.51. The Hall–Kier alpha value is -0.780. The first-order valence-corrected chi connectivity index (χ1v) is 4.80. The van der Waals surface area contributed by atoms with Crippen LogP contribution in [0.1, 0.15) is 32.6 Å². The second kappa shape index (κ2) is 6.66. The molecule has 0 aromatic heterocycles. The molecule has 0 spiro atoms. The summed E-state index contributed by atoms with van der Waals surface area (Å²) in [5.41, 5.74) is 0. The number of halogens is 3. The van der Waals surface area contributed by atoms with Crippen molar-refractivity contribution in [2.45, 2.75) is 44.9 Å². The van der Waals surface area contributed by atoms with Crippen LogP contribution in [0.15, 0.2) is 0 Å². The van der Waals surface area contributed by atoms with Crippen molar-refractivity contribution in [2.24, 2.45) is 0 Å². The van der Waals surface area contributed by atoms with Gasteiger partial charge in [0.1, 0.15) is 6.10 Å². The van der Waals surface area contributed by atoms with Crippen molar-refractivity contribution in [2.75, 3.05) is 6.61 Å². The van der Waals surface area contributed by atoms with E-state index in [0.29, 0.717) is 6.42 Å². The Morgan fingerprint density at radius 1 is 1.40 bits per heavy atom. The van der Waals surface area contributed by atoms with Gasteiger partial charge in [-0.2, -0.15) is 13.2 Å². The third kappa shape index (κ3) is 6.33. The molecule has 0 amide bonds. The highest BCUT2D eigenvalue weighted by Gasteiger charge is 2.42. The van der Waals surface area contributed by atoms with Crippen molar-refractivity contribution >= 4 is 5.97 Å². The van der Waals surface area contributed by atoms with Gasteiger partial charge in [0.2, 0.25) is 0 Å². The number of aliphatic hydroxyl groups excluding tert-OH is 1. The number of hydrogen-bond acceptors (Lipinski definition) is 3. The number of hydrogen-bond donors (Lipinski definition) is 1. The van der Waals surface area contributed by atoms with Crippen LogP contribution in [0.3, 0.4) is 0 Å². The highest BCUT2D eigenvalue weighted by Crippen LogP contribution is 2.18.